The maximum atomic E-state index is 12.3. The maximum Gasteiger partial charge on any atom is 0.243 e. The Bertz CT molecular complexity index is 450. The number of hydrogen-bond acceptors (Lipinski definition) is 6. The van der Waals surface area contributed by atoms with Crippen LogP contribution in [0.15, 0.2) is 18.5 Å². The molecule has 1 aliphatic heterocycles. The highest BCUT2D eigenvalue weighted by molar-refractivity contribution is 5.85. The predicted molar refractivity (Wildman–Crippen MR) is 73.1 cm³/mol. The van der Waals surface area contributed by atoms with E-state index in [1.54, 1.807) is 25.4 Å². The summed E-state index contributed by atoms with van der Waals surface area (Å²) in [7, 11) is 0. The highest BCUT2D eigenvalue weighted by Crippen LogP contribution is 2.22. The third-order valence-electron chi connectivity index (χ3n) is 3.49. The molecule has 0 bridgehead atoms. The zero-order valence-corrected chi connectivity index (χ0v) is 11.5. The molecule has 0 aromatic carbocycles. The van der Waals surface area contributed by atoms with Crippen LogP contribution in [0.1, 0.15) is 19.8 Å². The van der Waals surface area contributed by atoms with Crippen molar-refractivity contribution < 1.29 is 15.0 Å². The van der Waals surface area contributed by atoms with Gasteiger partial charge in [-0.2, -0.15) is 0 Å². The minimum Gasteiger partial charge on any atom is -0.394 e. The van der Waals surface area contributed by atoms with E-state index in [0.29, 0.717) is 12.4 Å². The smallest absolute Gasteiger partial charge is 0.243 e. The van der Waals surface area contributed by atoms with Crippen LogP contribution in [0.4, 0.5) is 5.95 Å². The summed E-state index contributed by atoms with van der Waals surface area (Å²) in [5, 5.41) is 21.2. The quantitative estimate of drug-likeness (QED) is 0.660. The van der Waals surface area contributed by atoms with Crippen molar-refractivity contribution >= 4 is 11.9 Å². The fraction of sp³-hybridized carbons (Fsp3) is 0.615. The Labute approximate surface area is 117 Å². The minimum atomic E-state index is -1.01. The number of nitrogens with one attached hydrogen (secondary N) is 1. The van der Waals surface area contributed by atoms with E-state index in [2.05, 4.69) is 15.3 Å². The van der Waals surface area contributed by atoms with E-state index in [0.717, 1.165) is 13.0 Å². The normalized spacial score (nSPS) is 19.1. The van der Waals surface area contributed by atoms with Gasteiger partial charge in [-0.3, -0.25) is 4.79 Å². The van der Waals surface area contributed by atoms with Gasteiger partial charge in [-0.1, -0.05) is 0 Å². The summed E-state index contributed by atoms with van der Waals surface area (Å²) >= 11 is 0. The Hall–Kier alpha value is -1.73. The van der Waals surface area contributed by atoms with E-state index in [-0.39, 0.29) is 25.2 Å². The van der Waals surface area contributed by atoms with Gasteiger partial charge >= 0.3 is 0 Å². The van der Waals surface area contributed by atoms with Gasteiger partial charge in [0, 0.05) is 18.9 Å². The zero-order chi connectivity index (χ0) is 14.6. The summed E-state index contributed by atoms with van der Waals surface area (Å²) in [4.78, 5) is 22.5. The van der Waals surface area contributed by atoms with Gasteiger partial charge in [-0.15, -0.1) is 0 Å². The second-order valence-corrected chi connectivity index (χ2v) is 5.27. The molecule has 0 aliphatic carbocycles. The van der Waals surface area contributed by atoms with E-state index in [9.17, 15) is 15.0 Å². The number of anilines is 1. The molecule has 1 amide bonds. The molecular formula is C13H20N4O3. The van der Waals surface area contributed by atoms with E-state index >= 15 is 0 Å². The molecule has 7 nitrogen and oxygen atoms in total. The number of nitrogens with zero attached hydrogens (tertiary/aromatic N) is 3. The van der Waals surface area contributed by atoms with Gasteiger partial charge in [0.1, 0.15) is 6.04 Å². The van der Waals surface area contributed by atoms with Crippen molar-refractivity contribution in [2.45, 2.75) is 31.3 Å². The molecule has 3 N–H and O–H groups in total. The Balaban J connectivity index is 2.09. The molecule has 1 aromatic rings. The van der Waals surface area contributed by atoms with Crippen molar-refractivity contribution in [2.75, 3.05) is 24.7 Å². The van der Waals surface area contributed by atoms with E-state index < -0.39 is 5.54 Å². The average Bonchev–Trinajstić information content (AvgIpc) is 2.97. The number of amides is 1. The van der Waals surface area contributed by atoms with Crippen molar-refractivity contribution in [1.82, 2.24) is 15.3 Å². The van der Waals surface area contributed by atoms with Crippen molar-refractivity contribution in [2.24, 2.45) is 0 Å². The summed E-state index contributed by atoms with van der Waals surface area (Å²) in [6, 6.07) is 1.36. The molecule has 20 heavy (non-hydrogen) atoms. The van der Waals surface area contributed by atoms with Crippen molar-refractivity contribution in [3.63, 3.8) is 0 Å². The molecule has 1 atom stereocenters. The predicted octanol–water partition coefficient (Wildman–Crippen LogP) is -0.695. The molecule has 0 saturated carbocycles. The Morgan fingerprint density at radius 2 is 2.10 bits per heavy atom. The van der Waals surface area contributed by atoms with Gasteiger partial charge in [0.25, 0.3) is 0 Å². The van der Waals surface area contributed by atoms with Gasteiger partial charge in [-0.05, 0) is 25.8 Å². The lowest BCUT2D eigenvalue weighted by Gasteiger charge is -2.30. The molecule has 2 heterocycles. The number of aromatic nitrogens is 2. The highest BCUT2D eigenvalue weighted by atomic mass is 16.3. The van der Waals surface area contributed by atoms with Crippen LogP contribution in [-0.2, 0) is 4.79 Å². The maximum absolute atomic E-state index is 12.3. The van der Waals surface area contributed by atoms with Crippen LogP contribution in [0.25, 0.3) is 0 Å². The standard InChI is InChI=1S/C13H20N4O3/c1-13(8-18,9-19)16-11(20)10-4-2-7-17(10)12-14-5-3-6-15-12/h3,5-6,10,18-19H,2,4,7-9H2,1H3,(H,16,20). The van der Waals surface area contributed by atoms with Crippen LogP contribution < -0.4 is 10.2 Å². The fourth-order valence-corrected chi connectivity index (χ4v) is 2.23. The summed E-state index contributed by atoms with van der Waals surface area (Å²) in [5.74, 6) is 0.306. The lowest BCUT2D eigenvalue weighted by molar-refractivity contribution is -0.125. The zero-order valence-electron chi connectivity index (χ0n) is 11.5. The summed E-state index contributed by atoms with van der Waals surface area (Å²) in [6.45, 7) is 1.69. The highest BCUT2D eigenvalue weighted by Gasteiger charge is 2.35. The summed E-state index contributed by atoms with van der Waals surface area (Å²) < 4.78 is 0. The fourth-order valence-electron chi connectivity index (χ4n) is 2.23. The molecule has 0 spiro atoms. The molecule has 110 valence electrons. The first-order chi connectivity index (χ1) is 9.59. The second kappa shape index (κ2) is 6.15. The SMILES string of the molecule is CC(CO)(CO)NC(=O)C1CCCN1c1ncccn1. The van der Waals surface area contributed by atoms with Crippen molar-refractivity contribution in [3.05, 3.63) is 18.5 Å². The van der Waals surface area contributed by atoms with Crippen LogP contribution in [0.5, 0.6) is 0 Å². The number of carbonyl (C=O) groups excluding carboxylic acids is 1. The molecular weight excluding hydrogens is 260 g/mol. The molecule has 1 saturated heterocycles. The van der Waals surface area contributed by atoms with Crippen molar-refractivity contribution in [3.8, 4) is 0 Å². The third-order valence-corrected chi connectivity index (χ3v) is 3.49. The number of aliphatic hydroxyl groups is 2. The largest absolute Gasteiger partial charge is 0.394 e. The number of aliphatic hydroxyl groups excluding tert-OH is 2. The molecule has 1 aromatic heterocycles. The molecule has 2 rings (SSSR count). The molecule has 1 unspecified atom stereocenters. The number of hydrogen-bond donors (Lipinski definition) is 3. The lowest BCUT2D eigenvalue weighted by Crippen LogP contribution is -2.56. The van der Waals surface area contributed by atoms with Gasteiger partial charge in [0.15, 0.2) is 0 Å². The molecule has 7 heteroatoms. The van der Waals surface area contributed by atoms with E-state index in [1.807, 2.05) is 4.90 Å². The second-order valence-electron chi connectivity index (χ2n) is 5.27. The molecule has 0 radical (unpaired) electrons. The summed E-state index contributed by atoms with van der Waals surface area (Å²) in [5.41, 5.74) is -1.01. The number of rotatable bonds is 5. The Morgan fingerprint density at radius 1 is 1.45 bits per heavy atom. The summed E-state index contributed by atoms with van der Waals surface area (Å²) in [6.07, 6.45) is 4.87. The number of carbonyl (C=O) groups is 1. The first kappa shape index (κ1) is 14.7. The topological polar surface area (TPSA) is 98.6 Å². The lowest BCUT2D eigenvalue weighted by atomic mass is 10.0. The first-order valence-electron chi connectivity index (χ1n) is 6.67. The third kappa shape index (κ3) is 3.05. The van der Waals surface area contributed by atoms with Crippen LogP contribution >= 0.6 is 0 Å². The molecule has 1 fully saturated rings. The van der Waals surface area contributed by atoms with Gasteiger partial charge in [0.05, 0.1) is 18.8 Å². The minimum absolute atomic E-state index is 0.222. The average molecular weight is 280 g/mol. The van der Waals surface area contributed by atoms with Crippen LogP contribution in [0.3, 0.4) is 0 Å². The van der Waals surface area contributed by atoms with Crippen LogP contribution in [0.2, 0.25) is 0 Å². The van der Waals surface area contributed by atoms with Gasteiger partial charge in [0.2, 0.25) is 11.9 Å². The first-order valence-corrected chi connectivity index (χ1v) is 6.67. The Kier molecular flexibility index (Phi) is 4.51. The van der Waals surface area contributed by atoms with Crippen molar-refractivity contribution in [1.29, 1.82) is 0 Å². The van der Waals surface area contributed by atoms with Crippen LogP contribution in [0, 0.1) is 0 Å². The van der Waals surface area contributed by atoms with E-state index in [4.69, 9.17) is 0 Å². The van der Waals surface area contributed by atoms with Gasteiger partial charge < -0.3 is 20.4 Å². The van der Waals surface area contributed by atoms with Crippen LogP contribution in [-0.4, -0.2) is 57.4 Å². The monoisotopic (exact) mass is 280 g/mol. The molecule has 1 aliphatic rings. The van der Waals surface area contributed by atoms with Gasteiger partial charge in [-0.25, -0.2) is 9.97 Å². The Morgan fingerprint density at radius 3 is 2.70 bits per heavy atom. The van der Waals surface area contributed by atoms with E-state index in [1.165, 1.54) is 0 Å².